The minimum absolute atomic E-state index is 0.411. The van der Waals surface area contributed by atoms with E-state index in [-0.39, 0.29) is 0 Å². The summed E-state index contributed by atoms with van der Waals surface area (Å²) in [5, 5.41) is 0. The molecule has 38 heavy (non-hydrogen) atoms. The SMILES string of the molecule is CN1c2cc(-c3cccc(-c4cc(-c5ccccc5)cc(-c5ccccc5)c4)c3)ccc2C2C=CC=CC21. The van der Waals surface area contributed by atoms with E-state index in [1.54, 1.807) is 0 Å². The van der Waals surface area contributed by atoms with Crippen LogP contribution in [-0.4, -0.2) is 13.1 Å². The van der Waals surface area contributed by atoms with Crippen molar-refractivity contribution >= 4 is 5.69 Å². The molecule has 0 radical (unpaired) electrons. The second kappa shape index (κ2) is 9.36. The summed E-state index contributed by atoms with van der Waals surface area (Å²) in [6, 6.07) is 44.6. The minimum atomic E-state index is 0.411. The molecule has 1 heteroatoms. The maximum atomic E-state index is 2.42. The molecule has 7 rings (SSSR count). The van der Waals surface area contributed by atoms with Crippen molar-refractivity contribution in [2.75, 3.05) is 11.9 Å². The summed E-state index contributed by atoms with van der Waals surface area (Å²) in [6.45, 7) is 0. The van der Waals surface area contributed by atoms with Crippen LogP contribution in [0.25, 0.3) is 44.5 Å². The number of hydrogen-bond donors (Lipinski definition) is 0. The van der Waals surface area contributed by atoms with Crippen LogP contribution >= 0.6 is 0 Å². The quantitative estimate of drug-likeness (QED) is 0.244. The van der Waals surface area contributed by atoms with Gasteiger partial charge in [-0.1, -0.05) is 115 Å². The van der Waals surface area contributed by atoms with Gasteiger partial charge < -0.3 is 4.90 Å². The smallest absolute Gasteiger partial charge is 0.0577 e. The Kier molecular flexibility index (Phi) is 5.56. The molecule has 0 aromatic heterocycles. The largest absolute Gasteiger partial charge is 0.367 e. The lowest BCUT2D eigenvalue weighted by atomic mass is 9.90. The Morgan fingerprint density at radius 1 is 0.447 bits per heavy atom. The summed E-state index contributed by atoms with van der Waals surface area (Å²) in [7, 11) is 2.22. The topological polar surface area (TPSA) is 3.24 Å². The zero-order valence-corrected chi connectivity index (χ0v) is 21.5. The predicted molar refractivity (Wildman–Crippen MR) is 161 cm³/mol. The molecule has 2 aliphatic rings. The zero-order valence-electron chi connectivity index (χ0n) is 21.5. The molecule has 2 atom stereocenters. The third-order valence-electron chi connectivity index (χ3n) is 8.00. The van der Waals surface area contributed by atoms with E-state index in [1.807, 2.05) is 0 Å². The van der Waals surface area contributed by atoms with Gasteiger partial charge in [0.25, 0.3) is 0 Å². The van der Waals surface area contributed by atoms with Crippen LogP contribution in [0.4, 0.5) is 5.69 Å². The van der Waals surface area contributed by atoms with E-state index < -0.39 is 0 Å². The van der Waals surface area contributed by atoms with Gasteiger partial charge in [-0.25, -0.2) is 0 Å². The first-order chi connectivity index (χ1) is 18.7. The maximum absolute atomic E-state index is 2.42. The van der Waals surface area contributed by atoms with Gasteiger partial charge in [0, 0.05) is 18.7 Å². The van der Waals surface area contributed by atoms with Gasteiger partial charge in [-0.3, -0.25) is 0 Å². The van der Waals surface area contributed by atoms with Crippen molar-refractivity contribution in [1.82, 2.24) is 0 Å². The fraction of sp³-hybridized carbons (Fsp3) is 0.0811. The summed E-state index contributed by atoms with van der Waals surface area (Å²) < 4.78 is 0. The Hall–Kier alpha value is -4.62. The van der Waals surface area contributed by atoms with E-state index in [0.717, 1.165) is 0 Å². The van der Waals surface area contributed by atoms with Gasteiger partial charge in [-0.15, -0.1) is 0 Å². The Balaban J connectivity index is 1.31. The molecule has 0 N–H and O–H groups in total. The van der Waals surface area contributed by atoms with Gasteiger partial charge in [0.05, 0.1) is 6.04 Å². The van der Waals surface area contributed by atoms with E-state index in [2.05, 4.69) is 158 Å². The van der Waals surface area contributed by atoms with Crippen molar-refractivity contribution in [1.29, 1.82) is 0 Å². The Labute approximate surface area is 225 Å². The van der Waals surface area contributed by atoms with Crippen molar-refractivity contribution in [3.8, 4) is 44.5 Å². The number of rotatable bonds is 4. The molecule has 0 amide bonds. The standard InChI is InChI=1S/C37H29N/c1-38-36-18-9-8-17-34(36)35-20-19-30(25-37(35)38)28-15-10-16-29(21-28)33-23-31(26-11-4-2-5-12-26)22-32(24-33)27-13-6-3-7-14-27/h2-25,34,36H,1H3. The highest BCUT2D eigenvalue weighted by Crippen LogP contribution is 2.44. The van der Waals surface area contributed by atoms with E-state index in [4.69, 9.17) is 0 Å². The van der Waals surface area contributed by atoms with Crippen LogP contribution in [0.1, 0.15) is 11.5 Å². The molecule has 2 unspecified atom stereocenters. The third-order valence-corrected chi connectivity index (χ3v) is 8.00. The number of fused-ring (bicyclic) bond motifs is 3. The number of nitrogens with zero attached hydrogens (tertiary/aromatic N) is 1. The molecule has 0 saturated carbocycles. The number of anilines is 1. The first kappa shape index (κ1) is 22.6. The second-order valence-corrected chi connectivity index (χ2v) is 10.3. The molecular weight excluding hydrogens is 458 g/mol. The molecule has 1 heterocycles. The third kappa shape index (κ3) is 3.97. The van der Waals surface area contributed by atoms with Crippen LogP contribution in [0.3, 0.4) is 0 Å². The van der Waals surface area contributed by atoms with E-state index >= 15 is 0 Å². The Bertz CT molecular complexity index is 1620. The minimum Gasteiger partial charge on any atom is -0.367 e. The van der Waals surface area contributed by atoms with Crippen LogP contribution in [0.15, 0.2) is 146 Å². The predicted octanol–water partition coefficient (Wildman–Crippen LogP) is 9.38. The first-order valence-electron chi connectivity index (χ1n) is 13.3. The zero-order chi connectivity index (χ0) is 25.5. The molecule has 1 nitrogen and oxygen atoms in total. The van der Waals surface area contributed by atoms with Gasteiger partial charge in [-0.2, -0.15) is 0 Å². The highest BCUT2D eigenvalue weighted by atomic mass is 15.2. The van der Waals surface area contributed by atoms with Crippen LogP contribution in [-0.2, 0) is 0 Å². The molecule has 1 aliphatic carbocycles. The molecule has 0 saturated heterocycles. The van der Waals surface area contributed by atoms with E-state index in [9.17, 15) is 0 Å². The molecule has 0 fully saturated rings. The maximum Gasteiger partial charge on any atom is 0.0577 e. The number of hydrogen-bond acceptors (Lipinski definition) is 1. The van der Waals surface area contributed by atoms with Crippen molar-refractivity contribution < 1.29 is 0 Å². The summed E-state index contributed by atoms with van der Waals surface area (Å²) in [4.78, 5) is 2.42. The van der Waals surface area contributed by atoms with E-state index in [1.165, 1.54) is 55.8 Å². The molecule has 0 bridgehead atoms. The van der Waals surface area contributed by atoms with Crippen LogP contribution < -0.4 is 4.90 Å². The summed E-state index contributed by atoms with van der Waals surface area (Å²) in [5.41, 5.74) is 12.6. The van der Waals surface area contributed by atoms with Crippen molar-refractivity contribution in [2.24, 2.45) is 0 Å². The number of allylic oxidation sites excluding steroid dienone is 2. The fourth-order valence-electron chi connectivity index (χ4n) is 5.99. The normalized spacial score (nSPS) is 17.3. The molecule has 5 aromatic carbocycles. The molecule has 182 valence electrons. The van der Waals surface area contributed by atoms with Crippen LogP contribution in [0.2, 0.25) is 0 Å². The highest BCUT2D eigenvalue weighted by Gasteiger charge is 2.34. The van der Waals surface area contributed by atoms with Gasteiger partial charge in [0.2, 0.25) is 0 Å². The molecule has 1 aliphatic heterocycles. The van der Waals surface area contributed by atoms with Crippen molar-refractivity contribution in [3.05, 3.63) is 151 Å². The van der Waals surface area contributed by atoms with Crippen molar-refractivity contribution in [3.63, 3.8) is 0 Å². The average molecular weight is 488 g/mol. The van der Waals surface area contributed by atoms with Crippen LogP contribution in [0.5, 0.6) is 0 Å². The van der Waals surface area contributed by atoms with Gasteiger partial charge >= 0.3 is 0 Å². The van der Waals surface area contributed by atoms with Gasteiger partial charge in [-0.05, 0) is 80.4 Å². The first-order valence-corrected chi connectivity index (χ1v) is 13.3. The molecule has 0 spiro atoms. The lowest BCUT2D eigenvalue weighted by Crippen LogP contribution is -2.28. The number of benzene rings is 5. The average Bonchev–Trinajstić information content (AvgIpc) is 3.29. The van der Waals surface area contributed by atoms with Crippen LogP contribution in [0, 0.1) is 0 Å². The molecular formula is C37H29N. The Morgan fingerprint density at radius 2 is 0.947 bits per heavy atom. The Morgan fingerprint density at radius 3 is 1.61 bits per heavy atom. The summed E-state index contributed by atoms with van der Waals surface area (Å²) >= 11 is 0. The second-order valence-electron chi connectivity index (χ2n) is 10.3. The number of likely N-dealkylation sites (N-methyl/N-ethyl adjacent to an activating group) is 1. The van der Waals surface area contributed by atoms with Crippen molar-refractivity contribution in [2.45, 2.75) is 12.0 Å². The highest BCUT2D eigenvalue weighted by molar-refractivity contribution is 5.83. The fourth-order valence-corrected chi connectivity index (χ4v) is 5.99. The van der Waals surface area contributed by atoms with E-state index in [0.29, 0.717) is 12.0 Å². The van der Waals surface area contributed by atoms with Gasteiger partial charge in [0.15, 0.2) is 0 Å². The lowest BCUT2D eigenvalue weighted by molar-refractivity contribution is 0.723. The monoisotopic (exact) mass is 487 g/mol. The lowest BCUT2D eigenvalue weighted by Gasteiger charge is -2.24. The van der Waals surface area contributed by atoms with Gasteiger partial charge in [0.1, 0.15) is 0 Å². The summed E-state index contributed by atoms with van der Waals surface area (Å²) in [6.07, 6.45) is 8.99. The summed E-state index contributed by atoms with van der Waals surface area (Å²) in [5.74, 6) is 0.442. The molecule has 5 aromatic rings.